The average molecular weight is 422 g/mol. The molecule has 9 heteroatoms. The van der Waals surface area contributed by atoms with Crippen molar-refractivity contribution >= 4 is 6.03 Å². The highest BCUT2D eigenvalue weighted by atomic mass is 16.5. The Balaban J connectivity index is 1.60. The first-order valence-electron chi connectivity index (χ1n) is 10.1. The minimum atomic E-state index is -0.789. The van der Waals surface area contributed by atoms with Gasteiger partial charge in [-0.1, -0.05) is 20.8 Å². The van der Waals surface area contributed by atoms with Gasteiger partial charge in [0.1, 0.15) is 11.5 Å². The van der Waals surface area contributed by atoms with Crippen LogP contribution in [-0.4, -0.2) is 25.8 Å². The first-order valence-corrected chi connectivity index (χ1v) is 10.1. The number of hydrazine groups is 1. The van der Waals surface area contributed by atoms with Crippen LogP contribution in [0.4, 0.5) is 4.79 Å². The lowest BCUT2D eigenvalue weighted by Gasteiger charge is -2.34. The van der Waals surface area contributed by atoms with E-state index in [0.29, 0.717) is 23.6 Å². The van der Waals surface area contributed by atoms with Crippen LogP contribution < -0.4 is 20.9 Å². The van der Waals surface area contributed by atoms with Gasteiger partial charge in [-0.05, 0) is 37.0 Å². The number of hydrogen-bond donors (Lipinski definition) is 3. The first-order chi connectivity index (χ1) is 14.6. The summed E-state index contributed by atoms with van der Waals surface area (Å²) in [6.45, 7) is 8.24. The number of amides is 2. The van der Waals surface area contributed by atoms with Crippen LogP contribution in [0, 0.1) is 12.3 Å². The zero-order valence-corrected chi connectivity index (χ0v) is 18.4. The Bertz CT molecular complexity index is 1120. The summed E-state index contributed by atoms with van der Waals surface area (Å²) >= 11 is 0. The van der Waals surface area contributed by atoms with Crippen LogP contribution in [0.2, 0.25) is 0 Å². The van der Waals surface area contributed by atoms with Gasteiger partial charge < -0.3 is 10.1 Å². The van der Waals surface area contributed by atoms with Gasteiger partial charge >= 0.3 is 6.03 Å². The van der Waals surface area contributed by atoms with Gasteiger partial charge in [0.2, 0.25) is 0 Å². The van der Waals surface area contributed by atoms with E-state index in [1.54, 1.807) is 23.1 Å². The summed E-state index contributed by atoms with van der Waals surface area (Å²) in [5.74, 6) is 1.29. The summed E-state index contributed by atoms with van der Waals surface area (Å²) in [5.41, 5.74) is 8.03. The molecule has 31 heavy (non-hydrogen) atoms. The van der Waals surface area contributed by atoms with Crippen molar-refractivity contribution in [2.45, 2.75) is 39.8 Å². The van der Waals surface area contributed by atoms with Gasteiger partial charge in [-0.25, -0.2) is 10.2 Å². The smallest absolute Gasteiger partial charge is 0.330 e. The lowest BCUT2D eigenvalue weighted by Crippen LogP contribution is -2.50. The Labute approximate surface area is 181 Å². The maximum Gasteiger partial charge on any atom is 0.330 e. The van der Waals surface area contributed by atoms with Crippen molar-refractivity contribution in [3.63, 3.8) is 0 Å². The Morgan fingerprint density at radius 3 is 2.65 bits per heavy atom. The number of pyridine rings is 2. The van der Waals surface area contributed by atoms with Gasteiger partial charge in [0.05, 0.1) is 23.3 Å². The molecule has 1 aliphatic rings. The molecule has 9 nitrogen and oxygen atoms in total. The van der Waals surface area contributed by atoms with Crippen molar-refractivity contribution in [2.75, 3.05) is 0 Å². The molecule has 1 atom stereocenters. The Morgan fingerprint density at radius 2 is 2.03 bits per heavy atom. The van der Waals surface area contributed by atoms with Crippen LogP contribution in [-0.2, 0) is 12.7 Å². The van der Waals surface area contributed by atoms with E-state index in [1.807, 2.05) is 38.4 Å². The predicted octanol–water partition coefficient (Wildman–Crippen LogP) is 3.38. The lowest BCUT2D eigenvalue weighted by atomic mass is 9.83. The quantitative estimate of drug-likeness (QED) is 0.583. The van der Waals surface area contributed by atoms with Crippen molar-refractivity contribution in [1.82, 2.24) is 35.9 Å². The largest absolute Gasteiger partial charge is 0.455 e. The van der Waals surface area contributed by atoms with Gasteiger partial charge in [-0.3, -0.25) is 20.1 Å². The van der Waals surface area contributed by atoms with Crippen LogP contribution in [0.15, 0.2) is 42.9 Å². The van der Waals surface area contributed by atoms with E-state index in [9.17, 15) is 4.79 Å². The molecule has 0 spiro atoms. The van der Waals surface area contributed by atoms with Crippen LogP contribution in [0.5, 0.6) is 11.5 Å². The third-order valence-corrected chi connectivity index (χ3v) is 4.95. The van der Waals surface area contributed by atoms with Crippen molar-refractivity contribution in [3.8, 4) is 22.8 Å². The minimum absolute atomic E-state index is 0.0449. The van der Waals surface area contributed by atoms with Gasteiger partial charge in [0.25, 0.3) is 0 Å². The van der Waals surface area contributed by atoms with Crippen molar-refractivity contribution in [3.05, 3.63) is 54.2 Å². The molecular weight excluding hydrogens is 394 g/mol. The second-order valence-corrected chi connectivity index (χ2v) is 9.01. The summed E-state index contributed by atoms with van der Waals surface area (Å²) < 4.78 is 7.83. The molecule has 1 saturated heterocycles. The fourth-order valence-electron chi connectivity index (χ4n) is 3.73. The number of hydrogen-bond acceptors (Lipinski definition) is 6. The van der Waals surface area contributed by atoms with E-state index in [1.165, 1.54) is 0 Å². The zero-order chi connectivity index (χ0) is 22.2. The molecule has 1 unspecified atom stereocenters. The third-order valence-electron chi connectivity index (χ3n) is 4.95. The summed E-state index contributed by atoms with van der Waals surface area (Å²) in [5, 5.41) is 7.17. The topological polar surface area (TPSA) is 106 Å². The summed E-state index contributed by atoms with van der Waals surface area (Å²) in [4.78, 5) is 21.1. The molecule has 2 amide bonds. The Morgan fingerprint density at radius 1 is 1.23 bits per heavy atom. The molecule has 4 rings (SSSR count). The Kier molecular flexibility index (Phi) is 5.14. The fourth-order valence-corrected chi connectivity index (χ4v) is 3.73. The normalized spacial score (nSPS) is 18.5. The molecule has 0 radical (unpaired) electrons. The summed E-state index contributed by atoms with van der Waals surface area (Å²) in [6, 6.07) is 7.14. The Hall–Kier alpha value is -3.46. The van der Waals surface area contributed by atoms with E-state index in [0.717, 1.165) is 17.0 Å². The molecule has 3 aromatic heterocycles. The van der Waals surface area contributed by atoms with Crippen molar-refractivity contribution < 1.29 is 9.53 Å². The molecule has 0 aliphatic carbocycles. The van der Waals surface area contributed by atoms with Crippen molar-refractivity contribution in [2.24, 2.45) is 12.5 Å². The van der Waals surface area contributed by atoms with Gasteiger partial charge in [0.15, 0.2) is 5.66 Å². The number of nitrogens with one attached hydrogen (secondary N) is 3. The standard InChI is InChI=1S/C22H27N7O2/c1-14-18(31-16-8-9-23-17(10-16)15-11-24-29(5)12-15)6-7-19(25-14)22(13-21(2,3)4)26-20(30)27-28-22/h6-12,28H,13H2,1-5H3,(H2,26,27,30). The van der Waals surface area contributed by atoms with E-state index in [4.69, 9.17) is 9.72 Å². The second-order valence-electron chi connectivity index (χ2n) is 9.01. The van der Waals surface area contributed by atoms with E-state index >= 15 is 0 Å². The van der Waals surface area contributed by atoms with Gasteiger partial charge in [0, 0.05) is 31.1 Å². The van der Waals surface area contributed by atoms with E-state index < -0.39 is 5.66 Å². The maximum absolute atomic E-state index is 11.9. The van der Waals surface area contributed by atoms with Crippen LogP contribution in [0.3, 0.4) is 0 Å². The highest BCUT2D eigenvalue weighted by Crippen LogP contribution is 2.35. The summed E-state index contributed by atoms with van der Waals surface area (Å²) in [6.07, 6.45) is 6.03. The molecule has 0 bridgehead atoms. The van der Waals surface area contributed by atoms with Crippen LogP contribution in [0.25, 0.3) is 11.3 Å². The fraction of sp³-hybridized carbons (Fsp3) is 0.364. The minimum Gasteiger partial charge on any atom is -0.455 e. The number of nitrogens with zero attached hydrogens (tertiary/aromatic N) is 4. The number of aromatic nitrogens is 4. The number of aryl methyl sites for hydroxylation is 2. The molecule has 162 valence electrons. The lowest BCUT2D eigenvalue weighted by molar-refractivity contribution is 0.196. The molecule has 3 N–H and O–H groups in total. The number of ether oxygens (including phenoxy) is 1. The van der Waals surface area contributed by atoms with Crippen LogP contribution in [0.1, 0.15) is 38.6 Å². The monoisotopic (exact) mass is 421 g/mol. The molecule has 3 aromatic rings. The van der Waals surface area contributed by atoms with E-state index in [-0.39, 0.29) is 11.4 Å². The van der Waals surface area contributed by atoms with Crippen molar-refractivity contribution in [1.29, 1.82) is 0 Å². The zero-order valence-electron chi connectivity index (χ0n) is 18.4. The summed E-state index contributed by atoms with van der Waals surface area (Å²) in [7, 11) is 1.87. The molecule has 1 aliphatic heterocycles. The van der Waals surface area contributed by atoms with Gasteiger partial charge in [-0.15, -0.1) is 0 Å². The molecule has 0 aromatic carbocycles. The number of rotatable bonds is 5. The highest BCUT2D eigenvalue weighted by molar-refractivity contribution is 5.76. The predicted molar refractivity (Wildman–Crippen MR) is 116 cm³/mol. The van der Waals surface area contributed by atoms with Crippen LogP contribution >= 0.6 is 0 Å². The number of urea groups is 1. The number of carbonyl (C=O) groups is 1. The third kappa shape index (κ3) is 4.51. The number of carbonyl (C=O) groups excluding carboxylic acids is 1. The van der Waals surface area contributed by atoms with E-state index in [2.05, 4.69) is 47.0 Å². The second kappa shape index (κ2) is 7.66. The first kappa shape index (κ1) is 20.8. The van der Waals surface area contributed by atoms with Gasteiger partial charge in [-0.2, -0.15) is 5.10 Å². The average Bonchev–Trinajstić information content (AvgIpc) is 3.29. The SMILES string of the molecule is Cc1nc(C2(CC(C)(C)C)NNC(=O)N2)ccc1Oc1ccnc(-c2cnn(C)c2)c1. The highest BCUT2D eigenvalue weighted by Gasteiger charge is 2.43. The molecule has 0 saturated carbocycles. The molecule has 1 fully saturated rings. The molecular formula is C22H27N7O2. The molecule has 4 heterocycles. The maximum atomic E-state index is 11.9.